The van der Waals surface area contributed by atoms with Crippen LogP contribution in [0.2, 0.25) is 0 Å². The molecule has 0 radical (unpaired) electrons. The average Bonchev–Trinajstić information content (AvgIpc) is 2.92. The standard InChI is InChI=1S/C21H19BrFN3O/c1-14-11-17(15(2)26(14)20-9-7-19(23)8-10-20)13-24-25-21(27)12-16-3-5-18(22)6-4-16/h3-11,13H,12H2,1-2H3,(H,25,27)/b24-13-. The third kappa shape index (κ3) is 4.71. The molecule has 0 saturated heterocycles. The van der Waals surface area contributed by atoms with E-state index in [-0.39, 0.29) is 18.1 Å². The number of halogens is 2. The molecule has 4 nitrogen and oxygen atoms in total. The van der Waals surface area contributed by atoms with Crippen LogP contribution in [0.3, 0.4) is 0 Å². The molecule has 1 aromatic heterocycles. The lowest BCUT2D eigenvalue weighted by Crippen LogP contribution is -2.19. The zero-order valence-electron chi connectivity index (χ0n) is 15.0. The van der Waals surface area contributed by atoms with Crippen molar-refractivity contribution in [2.24, 2.45) is 5.10 Å². The van der Waals surface area contributed by atoms with Crippen LogP contribution >= 0.6 is 15.9 Å². The molecular formula is C21H19BrFN3O. The number of aryl methyl sites for hydroxylation is 1. The summed E-state index contributed by atoms with van der Waals surface area (Å²) >= 11 is 3.37. The first kappa shape index (κ1) is 19.0. The fourth-order valence-electron chi connectivity index (χ4n) is 2.91. The number of hydrazone groups is 1. The largest absolute Gasteiger partial charge is 0.318 e. The van der Waals surface area contributed by atoms with Crippen LogP contribution in [0.15, 0.2) is 64.2 Å². The van der Waals surface area contributed by atoms with E-state index < -0.39 is 0 Å². The van der Waals surface area contributed by atoms with Gasteiger partial charge in [0.2, 0.25) is 5.91 Å². The van der Waals surface area contributed by atoms with Gasteiger partial charge in [0.15, 0.2) is 0 Å². The minimum atomic E-state index is -0.267. The van der Waals surface area contributed by atoms with E-state index in [1.165, 1.54) is 12.1 Å². The molecule has 0 saturated carbocycles. The van der Waals surface area contributed by atoms with Crippen LogP contribution in [0, 0.1) is 19.7 Å². The summed E-state index contributed by atoms with van der Waals surface area (Å²) in [5, 5.41) is 4.07. The monoisotopic (exact) mass is 427 g/mol. The maximum atomic E-state index is 13.2. The number of amides is 1. The Morgan fingerprint density at radius 2 is 1.81 bits per heavy atom. The Labute approximate surface area is 165 Å². The Morgan fingerprint density at radius 1 is 1.15 bits per heavy atom. The van der Waals surface area contributed by atoms with Crippen molar-refractivity contribution in [3.8, 4) is 5.69 Å². The van der Waals surface area contributed by atoms with E-state index >= 15 is 0 Å². The predicted molar refractivity (Wildman–Crippen MR) is 109 cm³/mol. The molecule has 0 fully saturated rings. The van der Waals surface area contributed by atoms with Crippen molar-refractivity contribution in [2.75, 3.05) is 0 Å². The van der Waals surface area contributed by atoms with Crippen molar-refractivity contribution in [1.82, 2.24) is 9.99 Å². The number of benzene rings is 2. The van der Waals surface area contributed by atoms with E-state index in [0.717, 1.165) is 32.7 Å². The second-order valence-corrected chi connectivity index (χ2v) is 7.15. The fraction of sp³-hybridized carbons (Fsp3) is 0.143. The van der Waals surface area contributed by atoms with Gasteiger partial charge in [-0.25, -0.2) is 9.82 Å². The minimum absolute atomic E-state index is 0.180. The van der Waals surface area contributed by atoms with Crippen LogP contribution in [0.1, 0.15) is 22.5 Å². The molecule has 3 aromatic rings. The van der Waals surface area contributed by atoms with Crippen molar-refractivity contribution in [3.05, 3.63) is 87.4 Å². The summed E-state index contributed by atoms with van der Waals surface area (Å²) in [5.74, 6) is -0.447. The topological polar surface area (TPSA) is 46.4 Å². The summed E-state index contributed by atoms with van der Waals surface area (Å²) in [6.45, 7) is 3.93. The molecule has 0 aliphatic rings. The number of carbonyl (C=O) groups is 1. The zero-order chi connectivity index (χ0) is 19.4. The van der Waals surface area contributed by atoms with E-state index in [0.29, 0.717) is 0 Å². The van der Waals surface area contributed by atoms with Gasteiger partial charge in [-0.05, 0) is 61.9 Å². The highest BCUT2D eigenvalue weighted by molar-refractivity contribution is 9.10. The molecule has 6 heteroatoms. The molecular weight excluding hydrogens is 409 g/mol. The molecule has 0 atom stereocenters. The van der Waals surface area contributed by atoms with Crippen LogP contribution in [0.4, 0.5) is 4.39 Å². The molecule has 138 valence electrons. The van der Waals surface area contributed by atoms with Crippen molar-refractivity contribution >= 4 is 28.1 Å². The van der Waals surface area contributed by atoms with Gasteiger partial charge in [0, 0.05) is 27.1 Å². The van der Waals surface area contributed by atoms with Crippen LogP contribution in [0.5, 0.6) is 0 Å². The quantitative estimate of drug-likeness (QED) is 0.465. The van der Waals surface area contributed by atoms with Gasteiger partial charge in [0.25, 0.3) is 0 Å². The molecule has 3 rings (SSSR count). The smallest absolute Gasteiger partial charge is 0.244 e. The lowest BCUT2D eigenvalue weighted by molar-refractivity contribution is -0.120. The number of hydrogen-bond acceptors (Lipinski definition) is 2. The second-order valence-electron chi connectivity index (χ2n) is 6.23. The lowest BCUT2D eigenvalue weighted by Gasteiger charge is -2.09. The van der Waals surface area contributed by atoms with Gasteiger partial charge >= 0.3 is 0 Å². The van der Waals surface area contributed by atoms with E-state index in [1.54, 1.807) is 18.3 Å². The molecule has 1 N–H and O–H groups in total. The van der Waals surface area contributed by atoms with E-state index in [1.807, 2.05) is 48.7 Å². The lowest BCUT2D eigenvalue weighted by atomic mass is 10.1. The normalized spacial score (nSPS) is 11.1. The third-order valence-corrected chi connectivity index (χ3v) is 4.75. The van der Waals surface area contributed by atoms with E-state index in [2.05, 4.69) is 26.5 Å². The van der Waals surface area contributed by atoms with Crippen molar-refractivity contribution in [2.45, 2.75) is 20.3 Å². The Kier molecular flexibility index (Phi) is 5.86. The third-order valence-electron chi connectivity index (χ3n) is 4.23. The summed E-state index contributed by atoms with van der Waals surface area (Å²) < 4.78 is 16.1. The molecule has 0 spiro atoms. The van der Waals surface area contributed by atoms with Gasteiger partial charge in [-0.1, -0.05) is 28.1 Å². The van der Waals surface area contributed by atoms with Gasteiger partial charge in [-0.2, -0.15) is 5.10 Å². The molecule has 1 amide bonds. The number of rotatable bonds is 5. The van der Waals surface area contributed by atoms with Crippen molar-refractivity contribution in [1.29, 1.82) is 0 Å². The number of nitrogens with zero attached hydrogens (tertiary/aromatic N) is 2. The predicted octanol–water partition coefficient (Wildman–Crippen LogP) is 4.69. The summed E-state index contributed by atoms with van der Waals surface area (Å²) in [6.07, 6.45) is 1.89. The van der Waals surface area contributed by atoms with Gasteiger partial charge in [-0.15, -0.1) is 0 Å². The highest BCUT2D eigenvalue weighted by Crippen LogP contribution is 2.20. The summed E-state index contributed by atoms with van der Waals surface area (Å²) in [4.78, 5) is 12.0. The average molecular weight is 428 g/mol. The van der Waals surface area contributed by atoms with E-state index in [9.17, 15) is 9.18 Å². The minimum Gasteiger partial charge on any atom is -0.318 e. The highest BCUT2D eigenvalue weighted by atomic mass is 79.9. The first-order chi connectivity index (χ1) is 12.9. The van der Waals surface area contributed by atoms with Gasteiger partial charge in [-0.3, -0.25) is 4.79 Å². The molecule has 0 aliphatic heterocycles. The number of aromatic nitrogens is 1. The SMILES string of the molecule is Cc1cc(/C=N\NC(=O)Cc2ccc(Br)cc2)c(C)n1-c1ccc(F)cc1. The van der Waals surface area contributed by atoms with Gasteiger partial charge < -0.3 is 4.57 Å². The van der Waals surface area contributed by atoms with Gasteiger partial charge in [0.1, 0.15) is 5.82 Å². The first-order valence-electron chi connectivity index (χ1n) is 8.45. The summed E-state index contributed by atoms with van der Waals surface area (Å²) in [5.41, 5.74) is 7.21. The van der Waals surface area contributed by atoms with Crippen molar-refractivity contribution in [3.63, 3.8) is 0 Å². The molecule has 0 unspecified atom stereocenters. The van der Waals surface area contributed by atoms with Crippen LogP contribution in [0.25, 0.3) is 5.69 Å². The molecule has 0 aliphatic carbocycles. The van der Waals surface area contributed by atoms with Crippen LogP contribution in [-0.4, -0.2) is 16.7 Å². The Morgan fingerprint density at radius 3 is 2.48 bits per heavy atom. The molecule has 1 heterocycles. The van der Waals surface area contributed by atoms with Gasteiger partial charge in [0.05, 0.1) is 12.6 Å². The molecule has 2 aromatic carbocycles. The Balaban J connectivity index is 1.68. The fourth-order valence-corrected chi connectivity index (χ4v) is 3.17. The van der Waals surface area contributed by atoms with Crippen molar-refractivity contribution < 1.29 is 9.18 Å². The van der Waals surface area contributed by atoms with Crippen LogP contribution in [-0.2, 0) is 11.2 Å². The molecule has 0 bridgehead atoms. The zero-order valence-corrected chi connectivity index (χ0v) is 16.6. The first-order valence-corrected chi connectivity index (χ1v) is 9.24. The van der Waals surface area contributed by atoms with E-state index in [4.69, 9.17) is 0 Å². The second kappa shape index (κ2) is 8.31. The Hall–Kier alpha value is -2.73. The number of carbonyl (C=O) groups excluding carboxylic acids is 1. The highest BCUT2D eigenvalue weighted by Gasteiger charge is 2.09. The summed E-state index contributed by atoms with van der Waals surface area (Å²) in [7, 11) is 0. The number of hydrogen-bond donors (Lipinski definition) is 1. The Bertz CT molecular complexity index is 976. The maximum absolute atomic E-state index is 13.2. The molecule has 27 heavy (non-hydrogen) atoms. The summed E-state index contributed by atoms with van der Waals surface area (Å²) in [6, 6.07) is 15.9. The maximum Gasteiger partial charge on any atom is 0.244 e. The number of nitrogens with one attached hydrogen (secondary N) is 1. The van der Waals surface area contributed by atoms with Crippen LogP contribution < -0.4 is 5.43 Å².